The largest absolute Gasteiger partial charge is 0.338 e. The number of hydrogen-bond donors (Lipinski definition) is 1. The summed E-state index contributed by atoms with van der Waals surface area (Å²) in [5, 5.41) is 3.48. The topological polar surface area (TPSA) is 62.3 Å². The summed E-state index contributed by atoms with van der Waals surface area (Å²) in [5.74, 6) is -0.711. The van der Waals surface area contributed by atoms with Gasteiger partial charge in [0.15, 0.2) is 0 Å². The van der Waals surface area contributed by atoms with Gasteiger partial charge in [-0.25, -0.2) is 0 Å². The number of nitrogens with zero attached hydrogens (tertiary/aromatic N) is 2. The van der Waals surface area contributed by atoms with Crippen LogP contribution in [-0.2, 0) is 9.59 Å². The number of carbonyl (C=O) groups excluding carboxylic acids is 2. The van der Waals surface area contributed by atoms with Gasteiger partial charge >= 0.3 is 0 Å². The summed E-state index contributed by atoms with van der Waals surface area (Å²) in [6.07, 6.45) is 3.47. The third-order valence-electron chi connectivity index (χ3n) is 4.41. The number of benzene rings is 1. The number of rotatable bonds is 3. The predicted octanol–water partition coefficient (Wildman–Crippen LogP) is 3.20. The Hall–Kier alpha value is -2.40. The zero-order chi connectivity index (χ0) is 17.3. The molecule has 0 spiro atoms. The number of anilines is 1. The molecule has 3 rings (SSSR count). The Morgan fingerprint density at radius 3 is 2.88 bits per heavy atom. The first-order valence-electron chi connectivity index (χ1n) is 7.70. The summed E-state index contributed by atoms with van der Waals surface area (Å²) in [5.41, 5.74) is 2.45. The molecular weight excluding hydrogens is 326 g/mol. The van der Waals surface area contributed by atoms with E-state index in [0.29, 0.717) is 10.7 Å². The van der Waals surface area contributed by atoms with E-state index in [9.17, 15) is 9.59 Å². The van der Waals surface area contributed by atoms with Gasteiger partial charge < -0.3 is 10.2 Å². The van der Waals surface area contributed by atoms with E-state index in [0.717, 1.165) is 11.1 Å². The van der Waals surface area contributed by atoms with Crippen molar-refractivity contribution >= 4 is 29.1 Å². The average molecular weight is 344 g/mol. The highest BCUT2D eigenvalue weighted by Gasteiger charge is 2.42. The summed E-state index contributed by atoms with van der Waals surface area (Å²) in [4.78, 5) is 30.6. The smallest absolute Gasteiger partial charge is 0.230 e. The predicted molar refractivity (Wildman–Crippen MR) is 92.7 cm³/mol. The van der Waals surface area contributed by atoms with Crippen LogP contribution in [0.5, 0.6) is 0 Å². The summed E-state index contributed by atoms with van der Waals surface area (Å²) < 4.78 is 0. The summed E-state index contributed by atoms with van der Waals surface area (Å²) in [7, 11) is 1.72. The highest BCUT2D eigenvalue weighted by atomic mass is 35.5. The molecule has 0 radical (unpaired) electrons. The Morgan fingerprint density at radius 1 is 1.38 bits per heavy atom. The second kappa shape index (κ2) is 6.61. The van der Waals surface area contributed by atoms with Crippen molar-refractivity contribution < 1.29 is 9.59 Å². The first-order chi connectivity index (χ1) is 11.5. The number of pyridine rings is 1. The second-order valence-electron chi connectivity index (χ2n) is 5.99. The Bertz CT molecular complexity index is 793. The molecule has 1 N–H and O–H groups in total. The van der Waals surface area contributed by atoms with Crippen molar-refractivity contribution in [1.29, 1.82) is 0 Å². The maximum Gasteiger partial charge on any atom is 0.230 e. The van der Waals surface area contributed by atoms with Gasteiger partial charge in [-0.2, -0.15) is 0 Å². The van der Waals surface area contributed by atoms with Crippen LogP contribution in [0.1, 0.15) is 23.6 Å². The number of amides is 2. The maximum atomic E-state index is 12.8. The van der Waals surface area contributed by atoms with E-state index in [1.54, 1.807) is 36.5 Å². The van der Waals surface area contributed by atoms with Crippen molar-refractivity contribution in [1.82, 2.24) is 9.88 Å². The standard InChI is InChI=1S/C18H18ClN3O2/c1-11-6-7-20-10-15(11)21-18(24)14-9-16(23)22(2)17(14)12-4-3-5-13(19)8-12/h3-8,10,14,17H,9H2,1-2H3,(H,21,24). The molecule has 2 heterocycles. The molecule has 1 saturated heterocycles. The Labute approximate surface area is 145 Å². The molecular formula is C18H18ClN3O2. The van der Waals surface area contributed by atoms with E-state index in [1.807, 2.05) is 25.1 Å². The molecule has 2 unspecified atom stereocenters. The van der Waals surface area contributed by atoms with Gasteiger partial charge in [0, 0.05) is 24.7 Å². The van der Waals surface area contributed by atoms with Crippen molar-refractivity contribution in [3.8, 4) is 0 Å². The van der Waals surface area contributed by atoms with Crippen LogP contribution in [0.4, 0.5) is 5.69 Å². The molecule has 1 aliphatic rings. The van der Waals surface area contributed by atoms with E-state index < -0.39 is 5.92 Å². The van der Waals surface area contributed by atoms with E-state index in [4.69, 9.17) is 11.6 Å². The number of likely N-dealkylation sites (tertiary alicyclic amines) is 1. The van der Waals surface area contributed by atoms with Crippen LogP contribution in [0, 0.1) is 12.8 Å². The molecule has 24 heavy (non-hydrogen) atoms. The normalized spacial score (nSPS) is 20.3. The Kier molecular flexibility index (Phi) is 4.53. The number of aryl methyl sites for hydroxylation is 1. The fourth-order valence-electron chi connectivity index (χ4n) is 3.07. The average Bonchev–Trinajstić information content (AvgIpc) is 2.85. The van der Waals surface area contributed by atoms with Crippen LogP contribution in [0.25, 0.3) is 0 Å². The monoisotopic (exact) mass is 343 g/mol. The molecule has 1 aromatic heterocycles. The van der Waals surface area contributed by atoms with Gasteiger partial charge in [0.1, 0.15) is 0 Å². The van der Waals surface area contributed by atoms with Crippen LogP contribution in [0.3, 0.4) is 0 Å². The third-order valence-corrected chi connectivity index (χ3v) is 4.65. The molecule has 1 aliphatic heterocycles. The fourth-order valence-corrected chi connectivity index (χ4v) is 3.27. The molecule has 2 aromatic rings. The van der Waals surface area contributed by atoms with Crippen LogP contribution >= 0.6 is 11.6 Å². The lowest BCUT2D eigenvalue weighted by atomic mass is 9.93. The summed E-state index contributed by atoms with van der Waals surface area (Å²) in [6, 6.07) is 8.80. The lowest BCUT2D eigenvalue weighted by Crippen LogP contribution is -2.30. The van der Waals surface area contributed by atoms with Crippen LogP contribution in [-0.4, -0.2) is 28.7 Å². The zero-order valence-corrected chi connectivity index (χ0v) is 14.2. The molecule has 1 fully saturated rings. The van der Waals surface area contributed by atoms with Gasteiger partial charge in [-0.15, -0.1) is 0 Å². The first kappa shape index (κ1) is 16.5. The Morgan fingerprint density at radius 2 is 2.17 bits per heavy atom. The number of nitrogens with one attached hydrogen (secondary N) is 1. The fraction of sp³-hybridized carbons (Fsp3) is 0.278. The van der Waals surface area contributed by atoms with Crippen LogP contribution in [0.15, 0.2) is 42.7 Å². The molecule has 0 aliphatic carbocycles. The lowest BCUT2D eigenvalue weighted by Gasteiger charge is -2.25. The van der Waals surface area contributed by atoms with Crippen molar-refractivity contribution in [3.05, 3.63) is 58.9 Å². The van der Waals surface area contributed by atoms with Crippen LogP contribution in [0.2, 0.25) is 5.02 Å². The summed E-state index contributed by atoms with van der Waals surface area (Å²) in [6.45, 7) is 1.90. The highest BCUT2D eigenvalue weighted by Crippen LogP contribution is 2.38. The van der Waals surface area contributed by atoms with Crippen molar-refractivity contribution in [2.45, 2.75) is 19.4 Å². The SMILES string of the molecule is Cc1ccncc1NC(=O)C1CC(=O)N(C)C1c1cccc(Cl)c1. The lowest BCUT2D eigenvalue weighted by molar-refractivity contribution is -0.127. The van der Waals surface area contributed by atoms with Crippen LogP contribution < -0.4 is 5.32 Å². The highest BCUT2D eigenvalue weighted by molar-refractivity contribution is 6.30. The van der Waals surface area contributed by atoms with Crippen molar-refractivity contribution in [3.63, 3.8) is 0 Å². The van der Waals surface area contributed by atoms with Gasteiger partial charge in [-0.05, 0) is 36.2 Å². The van der Waals surface area contributed by atoms with E-state index in [-0.39, 0.29) is 24.3 Å². The molecule has 0 bridgehead atoms. The van der Waals surface area contributed by atoms with Gasteiger partial charge in [0.05, 0.1) is 23.8 Å². The van der Waals surface area contributed by atoms with Crippen molar-refractivity contribution in [2.24, 2.45) is 5.92 Å². The van der Waals surface area contributed by atoms with Gasteiger partial charge in [-0.1, -0.05) is 23.7 Å². The summed E-state index contributed by atoms with van der Waals surface area (Å²) >= 11 is 6.07. The minimum Gasteiger partial charge on any atom is -0.338 e. The molecule has 5 nitrogen and oxygen atoms in total. The first-order valence-corrected chi connectivity index (χ1v) is 8.08. The number of carbonyl (C=O) groups is 2. The van der Waals surface area contributed by atoms with Crippen molar-refractivity contribution in [2.75, 3.05) is 12.4 Å². The molecule has 124 valence electrons. The number of aromatic nitrogens is 1. The maximum absolute atomic E-state index is 12.8. The number of halogens is 1. The molecule has 2 amide bonds. The van der Waals surface area contributed by atoms with Gasteiger partial charge in [-0.3, -0.25) is 14.6 Å². The third kappa shape index (κ3) is 3.12. The minimum absolute atomic E-state index is 0.0527. The van der Waals surface area contributed by atoms with E-state index in [1.165, 1.54) is 0 Å². The number of hydrogen-bond acceptors (Lipinski definition) is 3. The Balaban J connectivity index is 1.89. The van der Waals surface area contributed by atoms with Gasteiger partial charge in [0.25, 0.3) is 0 Å². The quantitative estimate of drug-likeness (QED) is 0.930. The van der Waals surface area contributed by atoms with Gasteiger partial charge in [0.2, 0.25) is 11.8 Å². The zero-order valence-electron chi connectivity index (χ0n) is 13.5. The minimum atomic E-state index is -0.472. The molecule has 2 atom stereocenters. The van der Waals surface area contributed by atoms with E-state index in [2.05, 4.69) is 10.3 Å². The molecule has 0 saturated carbocycles. The van der Waals surface area contributed by atoms with E-state index >= 15 is 0 Å². The second-order valence-corrected chi connectivity index (χ2v) is 6.43. The molecule has 6 heteroatoms. The molecule has 1 aromatic carbocycles.